The van der Waals surface area contributed by atoms with Crippen LogP contribution in [-0.4, -0.2) is 137 Å². The molecule has 0 saturated heterocycles. The molecule has 13 heteroatoms. The number of carbonyl (C=O) groups is 4. The van der Waals surface area contributed by atoms with E-state index in [1.807, 2.05) is 0 Å². The molecule has 0 saturated carbocycles. The van der Waals surface area contributed by atoms with Crippen LogP contribution in [0.4, 0.5) is 0 Å². The molecule has 0 aromatic heterocycles. The van der Waals surface area contributed by atoms with Crippen LogP contribution in [0.3, 0.4) is 0 Å². The van der Waals surface area contributed by atoms with Gasteiger partial charge >= 0.3 is 113 Å². The number of carboxylic acid groups (broad SMARTS) is 4. The van der Waals surface area contributed by atoms with Gasteiger partial charge in [-0.2, -0.15) is 0 Å². The number of hydrogen-bond donors (Lipinski definition) is 0. The molecule has 0 aliphatic heterocycles. The number of halogens is 2. The Morgan fingerprint density at radius 1 is 0.476 bits per heavy atom. The average molecular weight is 427 g/mol. The van der Waals surface area contributed by atoms with Crippen LogP contribution >= 0.6 is 0 Å². The summed E-state index contributed by atoms with van der Waals surface area (Å²) in [6, 6.07) is 0. The van der Waals surface area contributed by atoms with Crippen LogP contribution < -0.4 is 45.2 Å². The Morgan fingerprint density at radius 3 is 0.476 bits per heavy atom. The van der Waals surface area contributed by atoms with Gasteiger partial charge < -0.3 is 64.4 Å². The van der Waals surface area contributed by atoms with Gasteiger partial charge in [0.1, 0.15) is 0 Å². The van der Waals surface area contributed by atoms with Crippen molar-refractivity contribution in [2.24, 2.45) is 0 Å². The number of hydrogen-bond acceptors (Lipinski definition) is 8. The fourth-order valence-electron chi connectivity index (χ4n) is 0. The van der Waals surface area contributed by atoms with Crippen LogP contribution in [0.15, 0.2) is 0 Å². The first-order chi connectivity index (χ1) is 6.93. The fourth-order valence-corrected chi connectivity index (χ4v) is 0. The van der Waals surface area contributed by atoms with Crippen molar-refractivity contribution >= 4 is 137 Å². The maximum absolute atomic E-state index is 8.89. The standard InChI is InChI=1S/4C2H4O2.3Ca.2ClH/c4*1-2(3)4;;;;;/h4*1H3,(H,3,4);;;;2*1H/q;;;;3*+2;;/p-6. The SMILES string of the molecule is CC(=O)[O-].CC(=O)[O-].CC(=O)[O-].CC(=O)[O-].[Ca+2].[Ca+2].[Ca+2].[Cl-].[Cl-]. The molecule has 112 valence electrons. The first-order valence-corrected chi connectivity index (χ1v) is 3.63. The molecule has 0 spiro atoms. The van der Waals surface area contributed by atoms with Crippen molar-refractivity contribution in [3.05, 3.63) is 0 Å². The Morgan fingerprint density at radius 2 is 0.476 bits per heavy atom. The number of carboxylic acids is 4. The van der Waals surface area contributed by atoms with Crippen molar-refractivity contribution in [1.82, 2.24) is 0 Å². The second-order valence-electron chi connectivity index (χ2n) is 1.97. The van der Waals surface area contributed by atoms with Gasteiger partial charge in [0, 0.05) is 23.9 Å². The molecule has 0 radical (unpaired) electrons. The molecule has 0 unspecified atom stereocenters. The Kier molecular flexibility index (Phi) is 134. The minimum atomic E-state index is -1.08. The molecule has 0 aromatic carbocycles. The minimum absolute atomic E-state index is 0. The smallest absolute Gasteiger partial charge is 1.00 e. The Labute approximate surface area is 225 Å². The van der Waals surface area contributed by atoms with Crippen molar-refractivity contribution in [2.45, 2.75) is 27.7 Å². The van der Waals surface area contributed by atoms with E-state index < -0.39 is 23.9 Å². The van der Waals surface area contributed by atoms with E-state index in [1.54, 1.807) is 0 Å². The van der Waals surface area contributed by atoms with Gasteiger partial charge in [-0.15, -0.1) is 0 Å². The second-order valence-corrected chi connectivity index (χ2v) is 1.97. The Balaban J connectivity index is -0.0000000121. The summed E-state index contributed by atoms with van der Waals surface area (Å²) >= 11 is 0. The minimum Gasteiger partial charge on any atom is -1.00 e. The molecule has 0 fully saturated rings. The molecular formula is C8H12Ca3Cl2O8. The van der Waals surface area contributed by atoms with E-state index in [1.165, 1.54) is 0 Å². The van der Waals surface area contributed by atoms with Crippen molar-refractivity contribution in [1.29, 1.82) is 0 Å². The normalized spacial score (nSPS) is 4.76. The van der Waals surface area contributed by atoms with Gasteiger partial charge in [0.05, 0.1) is 0 Å². The fraction of sp³-hybridized carbons (Fsp3) is 0.500. The topological polar surface area (TPSA) is 161 Å². The predicted octanol–water partition coefficient (Wildman–Crippen LogP) is -12.1. The van der Waals surface area contributed by atoms with Gasteiger partial charge in [0.25, 0.3) is 0 Å². The summed E-state index contributed by atoms with van der Waals surface area (Å²) in [6.45, 7) is 3.89. The van der Waals surface area contributed by atoms with Crippen molar-refractivity contribution in [2.75, 3.05) is 0 Å². The van der Waals surface area contributed by atoms with E-state index in [9.17, 15) is 0 Å². The number of carbonyl (C=O) groups excluding carboxylic acids is 4. The van der Waals surface area contributed by atoms with Gasteiger partial charge in [0.15, 0.2) is 0 Å². The van der Waals surface area contributed by atoms with E-state index in [2.05, 4.69) is 0 Å². The second kappa shape index (κ2) is 49.5. The largest absolute Gasteiger partial charge is 2.00 e. The quantitative estimate of drug-likeness (QED) is 0.344. The van der Waals surface area contributed by atoms with Gasteiger partial charge in [-0.05, 0) is 27.7 Å². The van der Waals surface area contributed by atoms with Crippen LogP contribution in [0.5, 0.6) is 0 Å². The zero-order valence-electron chi connectivity index (χ0n) is 12.1. The van der Waals surface area contributed by atoms with E-state index in [0.717, 1.165) is 27.7 Å². The summed E-state index contributed by atoms with van der Waals surface area (Å²) in [5, 5.41) is 35.6. The molecule has 0 aliphatic carbocycles. The molecule has 0 heterocycles. The van der Waals surface area contributed by atoms with Crippen LogP contribution in [-0.2, 0) is 19.2 Å². The van der Waals surface area contributed by atoms with E-state index in [0.29, 0.717) is 0 Å². The zero-order chi connectivity index (χ0) is 14.3. The molecule has 0 bridgehead atoms. The summed E-state index contributed by atoms with van der Waals surface area (Å²) in [5.41, 5.74) is 0. The first-order valence-electron chi connectivity index (χ1n) is 3.63. The zero-order valence-corrected chi connectivity index (χ0v) is 20.3. The van der Waals surface area contributed by atoms with Crippen LogP contribution in [0, 0.1) is 0 Å². The summed E-state index contributed by atoms with van der Waals surface area (Å²) in [6.07, 6.45) is 0. The molecular weight excluding hydrogens is 415 g/mol. The third-order valence-corrected chi connectivity index (χ3v) is 0. The maximum Gasteiger partial charge on any atom is 2.00 e. The molecule has 0 atom stereocenters. The molecule has 0 aliphatic rings. The summed E-state index contributed by atoms with van der Waals surface area (Å²) < 4.78 is 0. The van der Waals surface area contributed by atoms with Gasteiger partial charge in [-0.3, -0.25) is 0 Å². The van der Waals surface area contributed by atoms with Crippen molar-refractivity contribution in [3.8, 4) is 0 Å². The van der Waals surface area contributed by atoms with Crippen LogP contribution in [0.1, 0.15) is 27.7 Å². The van der Waals surface area contributed by atoms with Gasteiger partial charge in [-0.1, -0.05) is 0 Å². The van der Waals surface area contributed by atoms with Gasteiger partial charge in [0.2, 0.25) is 0 Å². The monoisotopic (exact) mass is 426 g/mol. The molecule has 21 heavy (non-hydrogen) atoms. The van der Waals surface area contributed by atoms with E-state index >= 15 is 0 Å². The first kappa shape index (κ1) is 56.7. The van der Waals surface area contributed by atoms with Crippen LogP contribution in [0.2, 0.25) is 0 Å². The molecule has 8 nitrogen and oxygen atoms in total. The molecule has 0 rings (SSSR count). The third-order valence-electron chi connectivity index (χ3n) is 0. The third kappa shape index (κ3) is 1820. The van der Waals surface area contributed by atoms with Crippen LogP contribution in [0.25, 0.3) is 0 Å². The Bertz CT molecular complexity index is 178. The Hall–Kier alpha value is 2.24. The predicted molar refractivity (Wildman–Crippen MR) is 60.0 cm³/mol. The molecule has 0 N–H and O–H groups in total. The molecule has 0 aromatic rings. The maximum atomic E-state index is 8.89. The number of aliphatic carboxylic acids is 4. The van der Waals surface area contributed by atoms with E-state index in [4.69, 9.17) is 39.6 Å². The summed E-state index contributed by atoms with van der Waals surface area (Å²) in [5.74, 6) is -4.33. The average Bonchev–Trinajstić information content (AvgIpc) is 1.76. The number of rotatable bonds is 0. The molecule has 0 amide bonds. The summed E-state index contributed by atoms with van der Waals surface area (Å²) in [7, 11) is 0. The van der Waals surface area contributed by atoms with Gasteiger partial charge in [-0.25, -0.2) is 0 Å². The van der Waals surface area contributed by atoms with Crippen molar-refractivity contribution < 1.29 is 64.4 Å². The summed E-state index contributed by atoms with van der Waals surface area (Å²) in [4.78, 5) is 35.6. The van der Waals surface area contributed by atoms with E-state index in [-0.39, 0.29) is 138 Å². The van der Waals surface area contributed by atoms with Crippen molar-refractivity contribution in [3.63, 3.8) is 0 Å².